The van der Waals surface area contributed by atoms with Crippen molar-refractivity contribution in [1.82, 2.24) is 31.9 Å². The second kappa shape index (κ2) is 51.3. The summed E-state index contributed by atoms with van der Waals surface area (Å²) in [4.78, 5) is 193. The number of Topliss-reactive ketones (excluding diaryl/α,β-unsaturated/α-hetero) is 2. The van der Waals surface area contributed by atoms with E-state index in [0.717, 1.165) is 52.4 Å². The van der Waals surface area contributed by atoms with Gasteiger partial charge in [0.25, 0.3) is 5.91 Å². The highest BCUT2D eigenvalue weighted by Crippen LogP contribution is 2.64. The Hall–Kier alpha value is -11.4. The first-order chi connectivity index (χ1) is 60.4. The fourth-order valence-electron chi connectivity index (χ4n) is 16.2. The zero-order valence-electron chi connectivity index (χ0n) is 73.5. The van der Waals surface area contributed by atoms with Crippen molar-refractivity contribution in [3.05, 3.63) is 192 Å². The molecular weight excluding hydrogens is 1630 g/mol. The topological polar surface area (TPSA) is 435 Å². The third-order valence-electron chi connectivity index (χ3n) is 22.7. The van der Waals surface area contributed by atoms with Gasteiger partial charge in [-0.2, -0.15) is 0 Å². The van der Waals surface area contributed by atoms with Crippen molar-refractivity contribution in [3.63, 3.8) is 0 Å². The fourth-order valence-corrected chi connectivity index (χ4v) is 16.2. The molecule has 0 radical (unpaired) electrons. The number of allylic oxidation sites excluding steroid dienone is 12. The van der Waals surface area contributed by atoms with Crippen LogP contribution < -0.4 is 31.9 Å². The number of fused-ring (bicyclic) bond motifs is 5. The Balaban J connectivity index is 0.926. The van der Waals surface area contributed by atoms with E-state index in [1.807, 2.05) is 12.2 Å². The van der Waals surface area contributed by atoms with Crippen molar-refractivity contribution < 1.29 is 120 Å². The molecule has 1 unspecified atom stereocenters. The van der Waals surface area contributed by atoms with Gasteiger partial charge in [0.2, 0.25) is 35.6 Å². The number of aliphatic hydroxyl groups is 2. The number of ether oxygens (including phenoxy) is 9. The lowest BCUT2D eigenvalue weighted by molar-refractivity contribution is -0.346. The van der Waals surface area contributed by atoms with Gasteiger partial charge in [-0.1, -0.05) is 173 Å². The average molecular weight is 1750 g/mol. The number of aliphatic hydroxyl groups excluding tert-OH is 1. The number of esters is 6. The minimum absolute atomic E-state index is 0.00454. The molecule has 0 spiro atoms. The number of rotatable bonds is 51. The molecule has 2 bridgehead atoms. The van der Waals surface area contributed by atoms with E-state index in [0.29, 0.717) is 38.5 Å². The van der Waals surface area contributed by atoms with Gasteiger partial charge >= 0.3 is 35.8 Å². The van der Waals surface area contributed by atoms with Crippen molar-refractivity contribution in [2.24, 2.45) is 16.7 Å². The predicted molar refractivity (Wildman–Crippen MR) is 463 cm³/mol. The molecule has 3 aliphatic carbocycles. The van der Waals surface area contributed by atoms with Crippen LogP contribution in [0.15, 0.2) is 175 Å². The Labute approximate surface area is 736 Å². The smallest absolute Gasteiger partial charge is 0.350 e. The van der Waals surface area contributed by atoms with Gasteiger partial charge in [-0.05, 0) is 139 Å². The molecule has 3 aromatic rings. The molecule has 2 saturated carbocycles. The average Bonchev–Trinajstić information content (AvgIpc) is 0.667. The SMILES string of the molecule is CC/C=C\C/C=C\C/C=C\C/C=C\C/C=C\C/C=C\CCC(=O)CCCCC[C@H](NC(=O)COC)C(=O)NCC(=O)NCC(=O)N[C@@H](CCCCNC(=O)COCC(=O)O[C@@H](C(=O)O[C@H]1C[C@@]2(O)[C@@H](OC(=O)c3ccccc3)[C@@H]3[C@]4(OC(C)=O)CO[C@@H]4C[C@H](O)[C@@]3(C)C(=O)[C@H](OC(C)=O)C(=C1C)C2(C)C)C(NC(=O)c1ccccc1)c1ccccc1)C(=O)OCC. The summed E-state index contributed by atoms with van der Waals surface area (Å²) in [7, 11) is 1.32. The van der Waals surface area contributed by atoms with Gasteiger partial charge in [0.1, 0.15) is 67.6 Å². The zero-order chi connectivity index (χ0) is 91.8. The molecule has 31 heteroatoms. The fraction of sp³-hybridized carbons (Fsp3) is 0.516. The second-order valence-electron chi connectivity index (χ2n) is 32.2. The van der Waals surface area contributed by atoms with Crippen LogP contribution in [0.3, 0.4) is 0 Å². The zero-order valence-corrected chi connectivity index (χ0v) is 73.5. The van der Waals surface area contributed by atoms with Crippen LogP contribution in [-0.4, -0.2) is 213 Å². The molecule has 3 aromatic carbocycles. The number of nitrogens with one attached hydrogen (secondary N) is 6. The molecule has 6 amide bonds. The Morgan fingerprint density at radius 1 is 0.595 bits per heavy atom. The number of unbranched alkanes of at least 4 members (excludes halogenated alkanes) is 3. The highest BCUT2D eigenvalue weighted by atomic mass is 16.6. The molecule has 126 heavy (non-hydrogen) atoms. The minimum Gasteiger partial charge on any atom is -0.464 e. The van der Waals surface area contributed by atoms with Gasteiger partial charge in [0.05, 0.1) is 49.3 Å². The standard InChI is InChI=1S/C95H124N6O25/c1-10-12-13-14-15-16-17-18-19-20-21-22-23-24-25-26-27-28-39-50-69(104)51-40-32-41-52-70(99-78(109)59-118-9)88(113)98-57-75(106)97-58-76(107)100-71(90(115)120-11-2)53-42-43-54-96-77(108)60-119-61-79(110)124-83(81(66-44-33-29-34-45-66)101-87(112)67-46-35-30-36-47-67)91(116)123-72-56-95(117)86(125-89(114)68-48-37-31-38-49-68)84-93(8,73(105)55-74-94(84,62-121-74)126-65(5)103)85(111)82(122-64(4)102)80(63(72)3)92(95,6)7/h12-13,15-16,18-19,21-22,24-25,27-31,33-38,44-49,70-74,81-84,86,105,117H,10-11,14,17,20,23,26,32,39-43,50-62H2,1-9H3,(H,96,108)(H,97,106)(H,98,113)(H,99,109)(H,100,107)(H,101,112)/b13-12-,16-15-,19-18-,22-21-,25-24-,28-27-/t70-,71-,72-,73-,74+,81?,82+,83+,84-,86-,93+,94-,95+/m0/s1. The van der Waals surface area contributed by atoms with E-state index < -0.39 is 199 Å². The maximum absolute atomic E-state index is 16.0. The molecule has 1 aliphatic heterocycles. The van der Waals surface area contributed by atoms with E-state index in [2.05, 4.69) is 99.6 Å². The second-order valence-corrected chi connectivity index (χ2v) is 32.2. The Morgan fingerprint density at radius 3 is 1.76 bits per heavy atom. The molecule has 1 heterocycles. The third kappa shape index (κ3) is 29.4. The summed E-state index contributed by atoms with van der Waals surface area (Å²) in [6.07, 6.45) is 23.0. The summed E-state index contributed by atoms with van der Waals surface area (Å²) in [5.41, 5.74) is -8.32. The molecule has 13 atom stereocenters. The molecule has 1 saturated heterocycles. The van der Waals surface area contributed by atoms with Gasteiger partial charge in [-0.15, -0.1) is 0 Å². The van der Waals surface area contributed by atoms with E-state index in [-0.39, 0.29) is 85.5 Å². The van der Waals surface area contributed by atoms with E-state index >= 15 is 9.59 Å². The molecule has 4 aliphatic rings. The summed E-state index contributed by atoms with van der Waals surface area (Å²) in [6.45, 7) is 7.93. The van der Waals surface area contributed by atoms with Crippen molar-refractivity contribution in [1.29, 1.82) is 0 Å². The Bertz CT molecular complexity index is 4430. The Kier molecular flexibility index (Phi) is 41.4. The van der Waals surface area contributed by atoms with Gasteiger partial charge in [0.15, 0.2) is 17.5 Å². The summed E-state index contributed by atoms with van der Waals surface area (Å²) >= 11 is 0. The quantitative estimate of drug-likeness (QED) is 0.0113. The number of benzene rings is 3. The molecule has 684 valence electrons. The van der Waals surface area contributed by atoms with E-state index in [9.17, 15) is 67.7 Å². The van der Waals surface area contributed by atoms with Crippen LogP contribution in [0.2, 0.25) is 0 Å². The molecular formula is C95H124N6O25. The van der Waals surface area contributed by atoms with Crippen molar-refractivity contribution in [2.45, 2.75) is 237 Å². The molecule has 8 N–H and O–H groups in total. The third-order valence-corrected chi connectivity index (χ3v) is 22.7. The number of hydrogen-bond donors (Lipinski definition) is 8. The van der Waals surface area contributed by atoms with Crippen LogP contribution >= 0.6 is 0 Å². The van der Waals surface area contributed by atoms with Crippen molar-refractivity contribution in [3.8, 4) is 0 Å². The number of amides is 6. The summed E-state index contributed by atoms with van der Waals surface area (Å²) in [5.74, 6) is -13.1. The Morgan fingerprint density at radius 2 is 1.17 bits per heavy atom. The maximum Gasteiger partial charge on any atom is 0.350 e. The lowest BCUT2D eigenvalue weighted by atomic mass is 9.44. The van der Waals surface area contributed by atoms with Crippen LogP contribution in [-0.2, 0) is 100 Å². The van der Waals surface area contributed by atoms with E-state index in [1.165, 1.54) is 71.2 Å². The number of carbonyl (C=O) groups excluding carboxylic acids is 14. The monoisotopic (exact) mass is 1750 g/mol. The summed E-state index contributed by atoms with van der Waals surface area (Å²) in [6, 6.07) is 19.5. The largest absolute Gasteiger partial charge is 0.464 e. The van der Waals surface area contributed by atoms with Gasteiger partial charge in [0, 0.05) is 64.2 Å². The van der Waals surface area contributed by atoms with Crippen LogP contribution in [0.1, 0.15) is 203 Å². The first-order valence-corrected chi connectivity index (χ1v) is 43.1. The van der Waals surface area contributed by atoms with Gasteiger partial charge < -0.3 is 84.7 Å². The summed E-state index contributed by atoms with van der Waals surface area (Å²) in [5, 5.41) is 42.0. The lowest BCUT2D eigenvalue weighted by Gasteiger charge is -2.67. The van der Waals surface area contributed by atoms with Gasteiger partial charge in [-0.25, -0.2) is 19.2 Å². The first-order valence-electron chi connectivity index (χ1n) is 43.1. The van der Waals surface area contributed by atoms with Crippen LogP contribution in [0.4, 0.5) is 0 Å². The predicted octanol–water partition coefficient (Wildman–Crippen LogP) is 9.00. The van der Waals surface area contributed by atoms with Crippen LogP contribution in [0.5, 0.6) is 0 Å². The van der Waals surface area contributed by atoms with E-state index in [1.54, 1.807) is 61.5 Å². The first kappa shape index (κ1) is 102. The normalized spacial score (nSPS) is 22.2. The molecule has 7 rings (SSSR count). The highest BCUT2D eigenvalue weighted by Gasteiger charge is 2.78. The van der Waals surface area contributed by atoms with Crippen LogP contribution in [0.25, 0.3) is 0 Å². The summed E-state index contributed by atoms with van der Waals surface area (Å²) < 4.78 is 52.6. The maximum atomic E-state index is 16.0. The van der Waals surface area contributed by atoms with Crippen LogP contribution in [0, 0.1) is 16.7 Å². The molecule has 31 nitrogen and oxygen atoms in total. The lowest BCUT2D eigenvalue weighted by Crippen LogP contribution is -2.82. The molecule has 3 fully saturated rings. The van der Waals surface area contributed by atoms with Crippen molar-refractivity contribution in [2.75, 3.05) is 59.8 Å². The number of methoxy groups -OCH3 is 1. The minimum atomic E-state index is -2.58. The van der Waals surface area contributed by atoms with Gasteiger partial charge in [-0.3, -0.25) is 47.9 Å². The number of hydrogen-bond acceptors (Lipinski definition) is 25. The number of carbonyl (C=O) groups is 14. The number of ketones is 2. The van der Waals surface area contributed by atoms with E-state index in [4.69, 9.17) is 42.6 Å². The highest BCUT2D eigenvalue weighted by molar-refractivity contribution is 5.97. The van der Waals surface area contributed by atoms with Crippen molar-refractivity contribution >= 4 is 82.8 Å². The molecule has 0 aromatic heterocycles.